The first-order valence-corrected chi connectivity index (χ1v) is 8.89. The van der Waals surface area contributed by atoms with Crippen LogP contribution in [0.15, 0.2) is 42.6 Å². The second-order valence-electron chi connectivity index (χ2n) is 6.83. The van der Waals surface area contributed by atoms with E-state index in [0.29, 0.717) is 38.0 Å². The highest BCUT2D eigenvalue weighted by Gasteiger charge is 2.46. The van der Waals surface area contributed by atoms with Crippen molar-refractivity contribution in [2.24, 2.45) is 0 Å². The average molecular weight is 372 g/mol. The Hall–Kier alpha value is -2.60. The number of hydrogen-bond donors (Lipinski definition) is 1. The molecule has 1 saturated heterocycles. The Morgan fingerprint density at radius 2 is 1.88 bits per heavy atom. The first kappa shape index (κ1) is 16.8. The van der Waals surface area contributed by atoms with Crippen LogP contribution in [0.3, 0.4) is 0 Å². The molecule has 1 fully saturated rings. The van der Waals surface area contributed by atoms with Crippen molar-refractivity contribution in [2.45, 2.75) is 18.3 Å². The summed E-state index contributed by atoms with van der Waals surface area (Å²) in [6.07, 6.45) is 2.05. The molecule has 7 heteroatoms. The van der Waals surface area contributed by atoms with Crippen LogP contribution >= 0.6 is 11.6 Å². The van der Waals surface area contributed by atoms with Gasteiger partial charge in [-0.25, -0.2) is 9.78 Å². The molecule has 1 aromatic heterocycles. The SMILES string of the molecule is O=C(O)N1CCC2(CC1)CN(C(=O)c1ccnc(Cl)c1)c1ccccc12. The third-order valence-corrected chi connectivity index (χ3v) is 5.64. The van der Waals surface area contributed by atoms with Gasteiger partial charge in [-0.2, -0.15) is 0 Å². The van der Waals surface area contributed by atoms with Gasteiger partial charge < -0.3 is 14.9 Å². The number of carboxylic acid groups (broad SMARTS) is 1. The molecule has 0 atom stereocenters. The van der Waals surface area contributed by atoms with Crippen molar-refractivity contribution in [3.63, 3.8) is 0 Å². The van der Waals surface area contributed by atoms with Crippen molar-refractivity contribution in [1.82, 2.24) is 9.88 Å². The van der Waals surface area contributed by atoms with Gasteiger partial charge in [0.1, 0.15) is 5.15 Å². The molecule has 26 heavy (non-hydrogen) atoms. The lowest BCUT2D eigenvalue weighted by Crippen LogP contribution is -2.47. The van der Waals surface area contributed by atoms with E-state index < -0.39 is 6.09 Å². The van der Waals surface area contributed by atoms with Crippen molar-refractivity contribution >= 4 is 29.3 Å². The van der Waals surface area contributed by atoms with Crippen molar-refractivity contribution < 1.29 is 14.7 Å². The fourth-order valence-corrected chi connectivity index (χ4v) is 4.23. The minimum atomic E-state index is -0.884. The van der Waals surface area contributed by atoms with E-state index in [1.165, 1.54) is 11.1 Å². The van der Waals surface area contributed by atoms with E-state index in [4.69, 9.17) is 11.6 Å². The van der Waals surface area contributed by atoms with Crippen LogP contribution in [0.1, 0.15) is 28.8 Å². The summed E-state index contributed by atoms with van der Waals surface area (Å²) in [6, 6.07) is 11.1. The molecule has 1 N–H and O–H groups in total. The normalized spacial score (nSPS) is 18.0. The molecule has 0 radical (unpaired) electrons. The number of likely N-dealkylation sites (tertiary alicyclic amines) is 1. The molecular formula is C19H18ClN3O3. The second-order valence-corrected chi connectivity index (χ2v) is 7.21. The maximum absolute atomic E-state index is 13.1. The molecule has 4 rings (SSSR count). The van der Waals surface area contributed by atoms with Gasteiger partial charge in [-0.3, -0.25) is 4.79 Å². The molecule has 2 amide bonds. The molecule has 2 aromatic rings. The third kappa shape index (κ3) is 2.70. The standard InChI is InChI=1S/C19H18ClN3O3/c20-16-11-13(5-8-21-16)17(24)23-12-19(14-3-1-2-4-15(14)23)6-9-22(10-7-19)18(25)26/h1-5,8,11H,6-7,9-10,12H2,(H,25,26). The van der Waals surface area contributed by atoms with Gasteiger partial charge in [0.15, 0.2) is 0 Å². The van der Waals surface area contributed by atoms with Crippen LogP contribution in [0, 0.1) is 0 Å². The topological polar surface area (TPSA) is 73.7 Å². The summed E-state index contributed by atoms with van der Waals surface area (Å²) in [6.45, 7) is 1.51. The summed E-state index contributed by atoms with van der Waals surface area (Å²) in [5.41, 5.74) is 2.32. The summed E-state index contributed by atoms with van der Waals surface area (Å²) in [5, 5.41) is 9.51. The molecule has 3 heterocycles. The maximum atomic E-state index is 13.1. The zero-order valence-corrected chi connectivity index (χ0v) is 14.8. The van der Waals surface area contributed by atoms with E-state index in [0.717, 1.165) is 11.3 Å². The molecule has 2 aliphatic rings. The Morgan fingerprint density at radius 3 is 2.58 bits per heavy atom. The number of nitrogens with zero attached hydrogens (tertiary/aromatic N) is 3. The molecule has 134 valence electrons. The number of carbonyl (C=O) groups excluding carboxylic acids is 1. The summed E-state index contributed by atoms with van der Waals surface area (Å²) in [4.78, 5) is 31.5. The van der Waals surface area contributed by atoms with Crippen LogP contribution in [-0.4, -0.2) is 46.6 Å². The van der Waals surface area contributed by atoms with Crippen molar-refractivity contribution in [1.29, 1.82) is 0 Å². The highest BCUT2D eigenvalue weighted by atomic mass is 35.5. The van der Waals surface area contributed by atoms with Crippen LogP contribution in [0.5, 0.6) is 0 Å². The number of para-hydroxylation sites is 1. The van der Waals surface area contributed by atoms with E-state index in [1.807, 2.05) is 18.2 Å². The van der Waals surface area contributed by atoms with E-state index >= 15 is 0 Å². The third-order valence-electron chi connectivity index (χ3n) is 5.44. The number of fused-ring (bicyclic) bond motifs is 2. The molecule has 6 nitrogen and oxygen atoms in total. The molecule has 0 saturated carbocycles. The number of carbonyl (C=O) groups is 2. The van der Waals surface area contributed by atoms with Gasteiger partial charge in [0.25, 0.3) is 5.91 Å². The second kappa shape index (κ2) is 6.29. The van der Waals surface area contributed by atoms with Gasteiger partial charge in [0.2, 0.25) is 0 Å². The summed E-state index contributed by atoms with van der Waals surface area (Å²) >= 11 is 5.94. The molecule has 1 aromatic carbocycles. The Bertz CT molecular complexity index is 878. The number of halogens is 1. The highest BCUT2D eigenvalue weighted by molar-refractivity contribution is 6.29. The minimum absolute atomic E-state index is 0.112. The van der Waals surface area contributed by atoms with Crippen LogP contribution < -0.4 is 4.90 Å². The molecule has 1 spiro atoms. The van der Waals surface area contributed by atoms with Crippen LogP contribution in [0.4, 0.5) is 10.5 Å². The smallest absolute Gasteiger partial charge is 0.407 e. The zero-order chi connectivity index (χ0) is 18.3. The summed E-state index contributed by atoms with van der Waals surface area (Å²) < 4.78 is 0. The van der Waals surface area contributed by atoms with Gasteiger partial charge >= 0.3 is 6.09 Å². The Labute approximate surface area is 156 Å². The fourth-order valence-electron chi connectivity index (χ4n) is 4.06. The summed E-state index contributed by atoms with van der Waals surface area (Å²) in [5.74, 6) is -0.112. The number of benzene rings is 1. The number of hydrogen-bond acceptors (Lipinski definition) is 3. The largest absolute Gasteiger partial charge is 0.465 e. The summed E-state index contributed by atoms with van der Waals surface area (Å²) in [7, 11) is 0. The lowest BCUT2D eigenvalue weighted by molar-refractivity contribution is 0.0967. The number of aromatic nitrogens is 1. The van der Waals surface area contributed by atoms with E-state index in [-0.39, 0.29) is 16.5 Å². The van der Waals surface area contributed by atoms with Gasteiger partial charge in [0, 0.05) is 42.5 Å². The van der Waals surface area contributed by atoms with Gasteiger partial charge in [0.05, 0.1) is 0 Å². The zero-order valence-electron chi connectivity index (χ0n) is 14.1. The Morgan fingerprint density at radius 1 is 1.15 bits per heavy atom. The lowest BCUT2D eigenvalue weighted by atomic mass is 9.74. The van der Waals surface area contributed by atoms with E-state index in [1.54, 1.807) is 17.0 Å². The van der Waals surface area contributed by atoms with Gasteiger partial charge in [-0.15, -0.1) is 0 Å². The first-order valence-electron chi connectivity index (χ1n) is 8.51. The number of pyridine rings is 1. The van der Waals surface area contributed by atoms with Crippen molar-refractivity contribution in [3.05, 3.63) is 58.9 Å². The monoisotopic (exact) mass is 371 g/mol. The number of piperidine rings is 1. The van der Waals surface area contributed by atoms with Crippen LogP contribution in [0.2, 0.25) is 5.15 Å². The molecule has 0 unspecified atom stereocenters. The molecule has 2 aliphatic heterocycles. The van der Waals surface area contributed by atoms with Crippen LogP contribution in [-0.2, 0) is 5.41 Å². The van der Waals surface area contributed by atoms with E-state index in [2.05, 4.69) is 11.1 Å². The quantitative estimate of drug-likeness (QED) is 0.779. The van der Waals surface area contributed by atoms with Crippen molar-refractivity contribution in [2.75, 3.05) is 24.5 Å². The Balaban J connectivity index is 1.67. The number of rotatable bonds is 1. The maximum Gasteiger partial charge on any atom is 0.407 e. The van der Waals surface area contributed by atoms with Gasteiger partial charge in [-0.1, -0.05) is 29.8 Å². The number of amides is 2. The predicted octanol–water partition coefficient (Wildman–Crippen LogP) is 3.41. The average Bonchev–Trinajstić information content (AvgIpc) is 2.96. The predicted molar refractivity (Wildman–Crippen MR) is 97.9 cm³/mol. The van der Waals surface area contributed by atoms with Crippen molar-refractivity contribution in [3.8, 4) is 0 Å². The fraction of sp³-hybridized carbons (Fsp3) is 0.316. The minimum Gasteiger partial charge on any atom is -0.465 e. The molecule has 0 aliphatic carbocycles. The molecule has 0 bridgehead atoms. The van der Waals surface area contributed by atoms with E-state index in [9.17, 15) is 14.7 Å². The first-order chi connectivity index (χ1) is 12.5. The Kier molecular flexibility index (Phi) is 4.07. The lowest BCUT2D eigenvalue weighted by Gasteiger charge is -2.38. The van der Waals surface area contributed by atoms with Gasteiger partial charge in [-0.05, 0) is 36.6 Å². The molecular weight excluding hydrogens is 354 g/mol. The highest BCUT2D eigenvalue weighted by Crippen LogP contribution is 2.47. The van der Waals surface area contributed by atoms with Crippen LogP contribution in [0.25, 0.3) is 0 Å². The number of anilines is 1.